The van der Waals surface area contributed by atoms with Gasteiger partial charge >= 0.3 is 0 Å². The zero-order chi connectivity index (χ0) is 13.2. The number of likely N-dealkylation sites (tertiary alicyclic amines) is 1. The number of nitrogens with zero attached hydrogens (tertiary/aromatic N) is 2. The van der Waals surface area contributed by atoms with Crippen molar-refractivity contribution in [3.63, 3.8) is 0 Å². The molecule has 98 valence electrons. The monoisotopic (exact) mass is 248 g/mol. The van der Waals surface area contributed by atoms with Gasteiger partial charge in [0.2, 0.25) is 0 Å². The number of piperidine rings is 1. The molecule has 0 unspecified atom stereocenters. The Morgan fingerprint density at radius 2 is 2.11 bits per heavy atom. The van der Waals surface area contributed by atoms with Gasteiger partial charge in [0.25, 0.3) is 5.91 Å². The molecule has 3 N–H and O–H groups in total. The van der Waals surface area contributed by atoms with Gasteiger partial charge in [-0.1, -0.05) is 13.8 Å². The van der Waals surface area contributed by atoms with Gasteiger partial charge in [-0.3, -0.25) is 4.79 Å². The summed E-state index contributed by atoms with van der Waals surface area (Å²) in [6.45, 7) is 6.08. The van der Waals surface area contributed by atoms with Crippen molar-refractivity contribution in [2.45, 2.75) is 26.7 Å². The van der Waals surface area contributed by atoms with Gasteiger partial charge in [-0.05, 0) is 30.4 Å². The quantitative estimate of drug-likeness (QED) is 0.616. The van der Waals surface area contributed by atoms with Crippen LogP contribution in [0.1, 0.15) is 37.0 Å². The van der Waals surface area contributed by atoms with Crippen LogP contribution in [0.4, 0.5) is 5.82 Å². The van der Waals surface area contributed by atoms with E-state index in [0.717, 1.165) is 25.9 Å². The number of aromatic nitrogens is 1. The van der Waals surface area contributed by atoms with Crippen LogP contribution in [0.3, 0.4) is 0 Å². The van der Waals surface area contributed by atoms with E-state index in [0.29, 0.717) is 16.8 Å². The summed E-state index contributed by atoms with van der Waals surface area (Å²) in [5.41, 5.74) is 3.35. The number of nitrogen functional groups attached to an aromatic ring is 1. The third-order valence-corrected chi connectivity index (χ3v) is 3.58. The van der Waals surface area contributed by atoms with Crippen LogP contribution in [0.2, 0.25) is 0 Å². The van der Waals surface area contributed by atoms with E-state index in [1.807, 2.05) is 4.90 Å². The maximum Gasteiger partial charge on any atom is 0.257 e. The molecule has 0 saturated carbocycles. The lowest BCUT2D eigenvalue weighted by molar-refractivity contribution is 0.0631. The minimum absolute atomic E-state index is 0.00606. The Balaban J connectivity index is 2.13. The first-order chi connectivity index (χ1) is 8.53. The highest BCUT2D eigenvalue weighted by Crippen LogP contribution is 2.30. The summed E-state index contributed by atoms with van der Waals surface area (Å²) in [6, 6.07) is 3.51. The molecule has 1 saturated heterocycles. The molecule has 18 heavy (non-hydrogen) atoms. The summed E-state index contributed by atoms with van der Waals surface area (Å²) in [5, 5.41) is 0. The molecular weight excluding hydrogens is 228 g/mol. The molecule has 0 aliphatic carbocycles. The lowest BCUT2D eigenvalue weighted by atomic mass is 9.82. The van der Waals surface area contributed by atoms with Crippen LogP contribution in [-0.2, 0) is 0 Å². The van der Waals surface area contributed by atoms with Crippen LogP contribution < -0.4 is 11.3 Å². The fraction of sp³-hybridized carbons (Fsp3) is 0.538. The molecule has 1 aromatic rings. The molecule has 0 bridgehead atoms. The number of rotatable bonds is 2. The van der Waals surface area contributed by atoms with E-state index in [9.17, 15) is 4.79 Å². The van der Waals surface area contributed by atoms with Gasteiger partial charge in [0.1, 0.15) is 0 Å². The maximum absolute atomic E-state index is 12.4. The van der Waals surface area contributed by atoms with Crippen molar-refractivity contribution in [2.24, 2.45) is 11.3 Å². The predicted octanol–water partition coefficient (Wildman–Crippen LogP) is 1.63. The number of nitrogens with one attached hydrogen (secondary N) is 1. The molecule has 1 aliphatic heterocycles. The molecule has 0 radical (unpaired) electrons. The fourth-order valence-electron chi connectivity index (χ4n) is 2.18. The topological polar surface area (TPSA) is 71.2 Å². The zero-order valence-electron chi connectivity index (χ0n) is 10.9. The third kappa shape index (κ3) is 2.61. The Kier molecular flexibility index (Phi) is 3.52. The fourth-order valence-corrected chi connectivity index (χ4v) is 2.18. The normalized spacial score (nSPS) is 18.5. The van der Waals surface area contributed by atoms with Crippen LogP contribution >= 0.6 is 0 Å². The van der Waals surface area contributed by atoms with Crippen molar-refractivity contribution in [3.05, 3.63) is 23.9 Å². The van der Waals surface area contributed by atoms with Gasteiger partial charge in [0.15, 0.2) is 5.82 Å². The molecular formula is C13H20N4O. The molecule has 2 heterocycles. The SMILES string of the molecule is CC1(C)CCN(C(=O)c2cccnc2NN)CC1. The van der Waals surface area contributed by atoms with Crippen LogP contribution in [0.25, 0.3) is 0 Å². The first-order valence-electron chi connectivity index (χ1n) is 6.24. The van der Waals surface area contributed by atoms with Crippen LogP contribution in [0.15, 0.2) is 18.3 Å². The third-order valence-electron chi connectivity index (χ3n) is 3.58. The molecule has 1 aromatic heterocycles. The lowest BCUT2D eigenvalue weighted by Gasteiger charge is -2.37. The van der Waals surface area contributed by atoms with E-state index in [1.54, 1.807) is 18.3 Å². The minimum Gasteiger partial charge on any atom is -0.338 e. The number of carbonyl (C=O) groups excluding carboxylic acids is 1. The molecule has 0 atom stereocenters. The Morgan fingerprint density at radius 3 is 2.72 bits per heavy atom. The number of hydrazine groups is 1. The highest BCUT2D eigenvalue weighted by Gasteiger charge is 2.29. The smallest absolute Gasteiger partial charge is 0.257 e. The molecule has 0 spiro atoms. The van der Waals surface area contributed by atoms with E-state index in [1.165, 1.54) is 0 Å². The van der Waals surface area contributed by atoms with Crippen LogP contribution in [0, 0.1) is 5.41 Å². The number of pyridine rings is 1. The Bertz CT molecular complexity index is 434. The summed E-state index contributed by atoms with van der Waals surface area (Å²) in [4.78, 5) is 18.3. The largest absolute Gasteiger partial charge is 0.338 e. The average molecular weight is 248 g/mol. The van der Waals surface area contributed by atoms with Crippen molar-refractivity contribution in [1.29, 1.82) is 0 Å². The first kappa shape index (κ1) is 12.8. The Hall–Kier alpha value is -1.62. The average Bonchev–Trinajstić information content (AvgIpc) is 2.38. The predicted molar refractivity (Wildman–Crippen MR) is 71.0 cm³/mol. The number of carbonyl (C=O) groups is 1. The van der Waals surface area contributed by atoms with E-state index in [2.05, 4.69) is 24.3 Å². The second-order valence-electron chi connectivity index (χ2n) is 5.50. The Morgan fingerprint density at radius 1 is 1.44 bits per heavy atom. The summed E-state index contributed by atoms with van der Waals surface area (Å²) in [5.74, 6) is 5.82. The number of nitrogens with two attached hydrogens (primary N) is 1. The van der Waals surface area contributed by atoms with Crippen molar-refractivity contribution >= 4 is 11.7 Å². The van der Waals surface area contributed by atoms with Crippen LogP contribution in [-0.4, -0.2) is 28.9 Å². The lowest BCUT2D eigenvalue weighted by Crippen LogP contribution is -2.41. The van der Waals surface area contributed by atoms with Gasteiger partial charge in [-0.2, -0.15) is 0 Å². The number of hydrogen-bond donors (Lipinski definition) is 2. The zero-order valence-corrected chi connectivity index (χ0v) is 10.9. The minimum atomic E-state index is 0.00606. The molecule has 0 aromatic carbocycles. The molecule has 1 aliphatic rings. The van der Waals surface area contributed by atoms with Crippen molar-refractivity contribution < 1.29 is 4.79 Å². The number of hydrogen-bond acceptors (Lipinski definition) is 4. The van der Waals surface area contributed by atoms with E-state index in [4.69, 9.17) is 5.84 Å². The highest BCUT2D eigenvalue weighted by atomic mass is 16.2. The summed E-state index contributed by atoms with van der Waals surface area (Å²) in [7, 11) is 0. The van der Waals surface area contributed by atoms with Crippen molar-refractivity contribution in [3.8, 4) is 0 Å². The van der Waals surface area contributed by atoms with Crippen molar-refractivity contribution in [1.82, 2.24) is 9.88 Å². The molecule has 5 heteroatoms. The number of anilines is 1. The molecule has 1 fully saturated rings. The van der Waals surface area contributed by atoms with Gasteiger partial charge in [-0.15, -0.1) is 0 Å². The van der Waals surface area contributed by atoms with Gasteiger partial charge < -0.3 is 10.3 Å². The van der Waals surface area contributed by atoms with Gasteiger partial charge in [0, 0.05) is 19.3 Å². The highest BCUT2D eigenvalue weighted by molar-refractivity contribution is 5.98. The second kappa shape index (κ2) is 4.94. The van der Waals surface area contributed by atoms with Crippen molar-refractivity contribution in [2.75, 3.05) is 18.5 Å². The summed E-state index contributed by atoms with van der Waals surface area (Å²) < 4.78 is 0. The molecule has 2 rings (SSSR count). The first-order valence-corrected chi connectivity index (χ1v) is 6.24. The van der Waals surface area contributed by atoms with E-state index < -0.39 is 0 Å². The molecule has 5 nitrogen and oxygen atoms in total. The van der Waals surface area contributed by atoms with Gasteiger partial charge in [0.05, 0.1) is 5.56 Å². The summed E-state index contributed by atoms with van der Waals surface area (Å²) >= 11 is 0. The molecule has 1 amide bonds. The van der Waals surface area contributed by atoms with Gasteiger partial charge in [-0.25, -0.2) is 10.8 Å². The summed E-state index contributed by atoms with van der Waals surface area (Å²) in [6.07, 6.45) is 3.68. The second-order valence-corrected chi connectivity index (χ2v) is 5.50. The standard InChI is InChI=1S/C13H20N4O/c1-13(2)5-8-17(9-6-13)12(18)10-4-3-7-15-11(10)16-14/h3-4,7H,5-6,8-9,14H2,1-2H3,(H,15,16). The van der Waals surface area contributed by atoms with Crippen LogP contribution in [0.5, 0.6) is 0 Å². The maximum atomic E-state index is 12.4. The Labute approximate surface area is 107 Å². The van der Waals surface area contributed by atoms with E-state index >= 15 is 0 Å². The van der Waals surface area contributed by atoms with E-state index in [-0.39, 0.29) is 5.91 Å². The number of amides is 1.